The van der Waals surface area contributed by atoms with Crippen LogP contribution < -0.4 is 5.73 Å². The molecule has 0 aromatic carbocycles. The van der Waals surface area contributed by atoms with Crippen molar-refractivity contribution in [2.45, 2.75) is 45.1 Å². The Balaban J connectivity index is 2.38. The maximum Gasteiger partial charge on any atom is 0.106 e. The molecular formula is C11H17NO. The highest BCUT2D eigenvalue weighted by Crippen LogP contribution is 2.38. The van der Waals surface area contributed by atoms with Crippen LogP contribution in [0.3, 0.4) is 0 Å². The van der Waals surface area contributed by atoms with E-state index in [-0.39, 0.29) is 5.54 Å². The van der Waals surface area contributed by atoms with Crippen molar-refractivity contribution < 1.29 is 4.42 Å². The van der Waals surface area contributed by atoms with Crippen molar-refractivity contribution in [3.05, 3.63) is 23.2 Å². The molecule has 1 fully saturated rings. The number of furan rings is 1. The lowest BCUT2D eigenvalue weighted by molar-refractivity contribution is 0.437. The van der Waals surface area contributed by atoms with Gasteiger partial charge >= 0.3 is 0 Å². The van der Waals surface area contributed by atoms with Crippen LogP contribution in [0, 0.1) is 13.8 Å². The maximum absolute atomic E-state index is 6.33. The van der Waals surface area contributed by atoms with Crippen LogP contribution >= 0.6 is 0 Å². The number of aryl methyl sites for hydroxylation is 2. The summed E-state index contributed by atoms with van der Waals surface area (Å²) in [6, 6.07) is 2.10. The zero-order chi connectivity index (χ0) is 9.47. The molecule has 0 unspecified atom stereocenters. The molecule has 1 aromatic rings. The van der Waals surface area contributed by atoms with Gasteiger partial charge in [-0.05, 0) is 32.8 Å². The van der Waals surface area contributed by atoms with Crippen molar-refractivity contribution in [1.29, 1.82) is 0 Å². The minimum atomic E-state index is -0.0954. The second-order valence-electron chi connectivity index (χ2n) is 4.19. The third-order valence-corrected chi connectivity index (χ3v) is 3.07. The SMILES string of the molecule is Cc1cc(C2(N)CCCC2)c(C)o1. The Morgan fingerprint density at radius 1 is 1.31 bits per heavy atom. The molecule has 1 aromatic heterocycles. The Morgan fingerprint density at radius 3 is 2.38 bits per heavy atom. The second-order valence-corrected chi connectivity index (χ2v) is 4.19. The first kappa shape index (κ1) is 8.82. The van der Waals surface area contributed by atoms with E-state index in [0.29, 0.717) is 0 Å². The summed E-state index contributed by atoms with van der Waals surface area (Å²) >= 11 is 0. The van der Waals surface area contributed by atoms with Gasteiger partial charge in [-0.25, -0.2) is 0 Å². The lowest BCUT2D eigenvalue weighted by atomic mass is 9.89. The van der Waals surface area contributed by atoms with Crippen LogP contribution in [0.2, 0.25) is 0 Å². The molecular weight excluding hydrogens is 162 g/mol. The van der Waals surface area contributed by atoms with Gasteiger partial charge in [-0.15, -0.1) is 0 Å². The molecule has 0 saturated heterocycles. The molecule has 72 valence electrons. The summed E-state index contributed by atoms with van der Waals surface area (Å²) < 4.78 is 5.51. The highest BCUT2D eigenvalue weighted by atomic mass is 16.3. The van der Waals surface area contributed by atoms with Crippen molar-refractivity contribution in [3.8, 4) is 0 Å². The van der Waals surface area contributed by atoms with Gasteiger partial charge in [-0.2, -0.15) is 0 Å². The average Bonchev–Trinajstić information content (AvgIpc) is 2.59. The Labute approximate surface area is 79.1 Å². The molecule has 13 heavy (non-hydrogen) atoms. The van der Waals surface area contributed by atoms with E-state index in [2.05, 4.69) is 6.07 Å². The van der Waals surface area contributed by atoms with E-state index in [1.807, 2.05) is 13.8 Å². The number of nitrogens with two attached hydrogens (primary N) is 1. The van der Waals surface area contributed by atoms with E-state index in [4.69, 9.17) is 10.2 Å². The molecule has 0 aliphatic heterocycles. The summed E-state index contributed by atoms with van der Waals surface area (Å²) in [7, 11) is 0. The fourth-order valence-electron chi connectivity index (χ4n) is 2.40. The molecule has 2 N–H and O–H groups in total. The third-order valence-electron chi connectivity index (χ3n) is 3.07. The Bertz CT molecular complexity index is 308. The van der Waals surface area contributed by atoms with Gasteiger partial charge in [0.1, 0.15) is 11.5 Å². The molecule has 0 spiro atoms. The van der Waals surface area contributed by atoms with Crippen LogP contribution in [-0.4, -0.2) is 0 Å². The number of hydrogen-bond donors (Lipinski definition) is 1. The van der Waals surface area contributed by atoms with Crippen LogP contribution in [0.25, 0.3) is 0 Å². The normalized spacial score (nSPS) is 20.8. The van der Waals surface area contributed by atoms with Crippen molar-refractivity contribution in [3.63, 3.8) is 0 Å². The van der Waals surface area contributed by atoms with E-state index < -0.39 is 0 Å². The molecule has 1 aliphatic rings. The van der Waals surface area contributed by atoms with Gasteiger partial charge in [0.25, 0.3) is 0 Å². The van der Waals surface area contributed by atoms with Crippen molar-refractivity contribution in [2.24, 2.45) is 5.73 Å². The summed E-state index contributed by atoms with van der Waals surface area (Å²) in [6.45, 7) is 3.99. The first-order chi connectivity index (χ1) is 6.12. The summed E-state index contributed by atoms with van der Waals surface area (Å²) in [4.78, 5) is 0. The smallest absolute Gasteiger partial charge is 0.106 e. The number of rotatable bonds is 1. The molecule has 0 bridgehead atoms. The van der Waals surface area contributed by atoms with Gasteiger partial charge in [0, 0.05) is 11.1 Å². The number of hydrogen-bond acceptors (Lipinski definition) is 2. The monoisotopic (exact) mass is 179 g/mol. The van der Waals surface area contributed by atoms with Gasteiger partial charge in [-0.3, -0.25) is 0 Å². The first-order valence-electron chi connectivity index (χ1n) is 4.98. The Morgan fingerprint density at radius 2 is 1.92 bits per heavy atom. The summed E-state index contributed by atoms with van der Waals surface area (Å²) in [5.41, 5.74) is 7.46. The summed E-state index contributed by atoms with van der Waals surface area (Å²) in [5, 5.41) is 0. The van der Waals surface area contributed by atoms with E-state index in [1.165, 1.54) is 18.4 Å². The summed E-state index contributed by atoms with van der Waals surface area (Å²) in [6.07, 6.45) is 4.71. The van der Waals surface area contributed by atoms with E-state index in [0.717, 1.165) is 24.4 Å². The highest BCUT2D eigenvalue weighted by Gasteiger charge is 2.33. The molecule has 0 radical (unpaired) electrons. The molecule has 2 heteroatoms. The van der Waals surface area contributed by atoms with Crippen LogP contribution in [-0.2, 0) is 5.54 Å². The van der Waals surface area contributed by atoms with E-state index >= 15 is 0 Å². The van der Waals surface area contributed by atoms with Crippen molar-refractivity contribution >= 4 is 0 Å². The van der Waals surface area contributed by atoms with Crippen molar-refractivity contribution in [2.75, 3.05) is 0 Å². The van der Waals surface area contributed by atoms with Gasteiger partial charge in [0.15, 0.2) is 0 Å². The lowest BCUT2D eigenvalue weighted by Gasteiger charge is -2.22. The van der Waals surface area contributed by atoms with Crippen LogP contribution in [0.15, 0.2) is 10.5 Å². The Hall–Kier alpha value is -0.760. The van der Waals surface area contributed by atoms with Gasteiger partial charge in [-0.1, -0.05) is 12.8 Å². The molecule has 1 heterocycles. The van der Waals surface area contributed by atoms with Gasteiger partial charge in [0.2, 0.25) is 0 Å². The minimum absolute atomic E-state index is 0.0954. The zero-order valence-electron chi connectivity index (χ0n) is 8.39. The highest BCUT2D eigenvalue weighted by molar-refractivity contribution is 5.29. The summed E-state index contributed by atoms with van der Waals surface area (Å²) in [5.74, 6) is 1.98. The third kappa shape index (κ3) is 1.39. The maximum atomic E-state index is 6.33. The molecule has 0 amide bonds. The fraction of sp³-hybridized carbons (Fsp3) is 0.636. The predicted molar refractivity (Wildman–Crippen MR) is 52.5 cm³/mol. The standard InChI is InChI=1S/C11H17NO/c1-8-7-10(9(2)13-8)11(12)5-3-4-6-11/h7H,3-6,12H2,1-2H3. The van der Waals surface area contributed by atoms with Crippen LogP contribution in [0.1, 0.15) is 42.8 Å². The lowest BCUT2D eigenvalue weighted by Crippen LogP contribution is -2.33. The molecule has 1 aliphatic carbocycles. The van der Waals surface area contributed by atoms with Crippen LogP contribution in [0.5, 0.6) is 0 Å². The van der Waals surface area contributed by atoms with E-state index in [1.54, 1.807) is 0 Å². The second kappa shape index (κ2) is 2.88. The van der Waals surface area contributed by atoms with Gasteiger partial charge < -0.3 is 10.2 Å². The molecule has 2 nitrogen and oxygen atoms in total. The topological polar surface area (TPSA) is 39.2 Å². The Kier molecular flexibility index (Phi) is 1.95. The fourth-order valence-corrected chi connectivity index (χ4v) is 2.40. The molecule has 2 rings (SSSR count). The van der Waals surface area contributed by atoms with Crippen LogP contribution in [0.4, 0.5) is 0 Å². The van der Waals surface area contributed by atoms with Gasteiger partial charge in [0.05, 0.1) is 0 Å². The zero-order valence-corrected chi connectivity index (χ0v) is 8.39. The van der Waals surface area contributed by atoms with E-state index in [9.17, 15) is 0 Å². The largest absolute Gasteiger partial charge is 0.466 e. The molecule has 0 atom stereocenters. The molecule has 1 saturated carbocycles. The first-order valence-corrected chi connectivity index (χ1v) is 4.98. The minimum Gasteiger partial charge on any atom is -0.466 e. The average molecular weight is 179 g/mol. The van der Waals surface area contributed by atoms with Crippen molar-refractivity contribution in [1.82, 2.24) is 0 Å². The predicted octanol–water partition coefficient (Wildman–Crippen LogP) is 2.62. The quantitative estimate of drug-likeness (QED) is 0.719.